The molecule has 1 amide bonds. The molecule has 30 heavy (non-hydrogen) atoms. The van der Waals surface area contributed by atoms with Gasteiger partial charge in [-0.3, -0.25) is 4.79 Å². The summed E-state index contributed by atoms with van der Waals surface area (Å²) in [7, 11) is 3.60. The fraction of sp³-hybridized carbons (Fsp3) is 0.217. The smallest absolute Gasteiger partial charge is 0.258 e. The van der Waals surface area contributed by atoms with Crippen molar-refractivity contribution >= 4 is 29.0 Å². The lowest BCUT2D eigenvalue weighted by atomic mass is 10.1. The van der Waals surface area contributed by atoms with Gasteiger partial charge in [-0.15, -0.1) is 0 Å². The first kappa shape index (κ1) is 21.7. The van der Waals surface area contributed by atoms with Gasteiger partial charge in [0.05, 0.1) is 13.2 Å². The predicted molar refractivity (Wildman–Crippen MR) is 118 cm³/mol. The molecule has 2 aromatic carbocycles. The molecule has 0 saturated heterocycles. The maximum absolute atomic E-state index is 13.4. The van der Waals surface area contributed by atoms with E-state index in [4.69, 9.17) is 16.3 Å². The Hall–Kier alpha value is -2.96. The molecule has 0 spiro atoms. The normalized spacial score (nSPS) is 10.7. The molecule has 0 aliphatic rings. The number of aromatic nitrogens is 1. The van der Waals surface area contributed by atoms with Crippen molar-refractivity contribution in [3.05, 3.63) is 88.8 Å². The number of amides is 1. The molecule has 0 bridgehead atoms. The van der Waals surface area contributed by atoms with Crippen LogP contribution in [0, 0.1) is 5.82 Å². The maximum atomic E-state index is 13.4. The molecular formula is C23H23ClFN3O2. The zero-order valence-corrected chi connectivity index (χ0v) is 17.6. The second kappa shape index (κ2) is 10.2. The van der Waals surface area contributed by atoms with E-state index < -0.39 is 0 Å². The summed E-state index contributed by atoms with van der Waals surface area (Å²) in [5, 5.41) is 0.553. The first-order chi connectivity index (χ1) is 14.5. The number of ether oxygens (including phenoxy) is 1. The van der Waals surface area contributed by atoms with Crippen LogP contribution in [0.3, 0.4) is 0 Å². The van der Waals surface area contributed by atoms with Crippen molar-refractivity contribution in [2.75, 3.05) is 37.1 Å². The Balaban J connectivity index is 1.84. The van der Waals surface area contributed by atoms with E-state index in [1.165, 1.54) is 12.1 Å². The first-order valence-electron chi connectivity index (χ1n) is 9.46. The van der Waals surface area contributed by atoms with Crippen molar-refractivity contribution in [3.8, 4) is 0 Å². The number of pyridine rings is 1. The summed E-state index contributed by atoms with van der Waals surface area (Å²) < 4.78 is 18.5. The molecule has 0 aliphatic heterocycles. The van der Waals surface area contributed by atoms with Gasteiger partial charge in [-0.2, -0.15) is 0 Å². The Labute approximate surface area is 180 Å². The minimum absolute atomic E-state index is 0.209. The highest BCUT2D eigenvalue weighted by Crippen LogP contribution is 2.22. The third-order valence-corrected chi connectivity index (χ3v) is 4.90. The van der Waals surface area contributed by atoms with Crippen LogP contribution >= 0.6 is 11.6 Å². The van der Waals surface area contributed by atoms with Gasteiger partial charge >= 0.3 is 0 Å². The molecule has 0 unspecified atom stereocenters. The van der Waals surface area contributed by atoms with E-state index in [-0.39, 0.29) is 11.7 Å². The third-order valence-electron chi connectivity index (χ3n) is 4.65. The number of nitrogens with zero attached hydrogens (tertiary/aromatic N) is 3. The maximum Gasteiger partial charge on any atom is 0.258 e. The molecule has 156 valence electrons. The summed E-state index contributed by atoms with van der Waals surface area (Å²) in [6.07, 6.45) is 1.74. The zero-order chi connectivity index (χ0) is 21.5. The Morgan fingerprint density at radius 2 is 1.77 bits per heavy atom. The number of methoxy groups -OCH3 is 1. The molecule has 5 nitrogen and oxygen atoms in total. The quantitative estimate of drug-likeness (QED) is 0.518. The standard InChI is InChI=1S/C23H23ClFN3O2/c1-27(13-14-30-2)22-12-3-17(15-26-22)16-28(21-10-8-20(25)9-11-21)23(29)18-4-6-19(24)7-5-18/h3-12,15H,13-14,16H2,1-2H3. The molecule has 3 aromatic rings. The van der Waals surface area contributed by atoms with Gasteiger partial charge in [0.25, 0.3) is 5.91 Å². The molecule has 0 aliphatic carbocycles. The molecule has 0 atom stereocenters. The summed E-state index contributed by atoms with van der Waals surface area (Å²) in [6.45, 7) is 1.62. The highest BCUT2D eigenvalue weighted by atomic mass is 35.5. The van der Waals surface area contributed by atoms with Crippen LogP contribution in [0.5, 0.6) is 0 Å². The van der Waals surface area contributed by atoms with E-state index in [0.29, 0.717) is 29.4 Å². The number of carbonyl (C=O) groups excluding carboxylic acids is 1. The number of hydrogen-bond donors (Lipinski definition) is 0. The number of benzene rings is 2. The predicted octanol–water partition coefficient (Wildman–Crippen LogP) is 4.80. The Kier molecular flexibility index (Phi) is 7.38. The molecule has 0 fully saturated rings. The van der Waals surface area contributed by atoms with E-state index in [0.717, 1.165) is 17.9 Å². The molecule has 0 N–H and O–H groups in total. The van der Waals surface area contributed by atoms with Gasteiger partial charge in [0.15, 0.2) is 0 Å². The van der Waals surface area contributed by atoms with Crippen molar-refractivity contribution in [2.45, 2.75) is 6.54 Å². The highest BCUT2D eigenvalue weighted by Gasteiger charge is 2.19. The molecule has 1 aromatic heterocycles. The van der Waals surface area contributed by atoms with Gasteiger partial charge < -0.3 is 14.5 Å². The van der Waals surface area contributed by atoms with Crippen LogP contribution in [0.4, 0.5) is 15.9 Å². The van der Waals surface area contributed by atoms with Gasteiger partial charge in [0.1, 0.15) is 11.6 Å². The molecule has 0 radical (unpaired) electrons. The molecule has 0 saturated carbocycles. The van der Waals surface area contributed by atoms with Gasteiger partial charge in [-0.1, -0.05) is 17.7 Å². The van der Waals surface area contributed by atoms with Crippen molar-refractivity contribution in [3.63, 3.8) is 0 Å². The number of carbonyl (C=O) groups is 1. The van der Waals surface area contributed by atoms with Crippen molar-refractivity contribution in [1.29, 1.82) is 0 Å². The summed E-state index contributed by atoms with van der Waals surface area (Å²) >= 11 is 5.95. The van der Waals surface area contributed by atoms with E-state index >= 15 is 0 Å². The largest absolute Gasteiger partial charge is 0.383 e. The second-order valence-electron chi connectivity index (χ2n) is 6.81. The van der Waals surface area contributed by atoms with Crippen molar-refractivity contribution in [1.82, 2.24) is 4.98 Å². The van der Waals surface area contributed by atoms with Crippen LogP contribution in [-0.4, -0.2) is 38.2 Å². The molecular weight excluding hydrogens is 405 g/mol. The van der Waals surface area contributed by atoms with Gasteiger partial charge in [-0.25, -0.2) is 9.37 Å². The van der Waals surface area contributed by atoms with Crippen molar-refractivity contribution in [2.24, 2.45) is 0 Å². The lowest BCUT2D eigenvalue weighted by Crippen LogP contribution is -2.30. The summed E-state index contributed by atoms with van der Waals surface area (Å²) in [4.78, 5) is 21.3. The highest BCUT2D eigenvalue weighted by molar-refractivity contribution is 6.30. The topological polar surface area (TPSA) is 45.7 Å². The Morgan fingerprint density at radius 1 is 1.07 bits per heavy atom. The average molecular weight is 428 g/mol. The first-order valence-corrected chi connectivity index (χ1v) is 9.83. The number of rotatable bonds is 8. The average Bonchev–Trinajstić information content (AvgIpc) is 2.77. The van der Waals surface area contributed by atoms with Crippen LogP contribution in [-0.2, 0) is 11.3 Å². The van der Waals surface area contributed by atoms with Gasteiger partial charge in [-0.05, 0) is 60.2 Å². The lowest BCUT2D eigenvalue weighted by Gasteiger charge is -2.24. The van der Waals surface area contributed by atoms with Gasteiger partial charge in [0.2, 0.25) is 0 Å². The fourth-order valence-corrected chi connectivity index (χ4v) is 3.04. The minimum atomic E-state index is -0.359. The Morgan fingerprint density at radius 3 is 2.37 bits per heavy atom. The second-order valence-corrected chi connectivity index (χ2v) is 7.25. The number of hydrogen-bond acceptors (Lipinski definition) is 4. The van der Waals surface area contributed by atoms with Crippen LogP contribution in [0.1, 0.15) is 15.9 Å². The summed E-state index contributed by atoms with van der Waals surface area (Å²) in [6, 6.07) is 16.4. The summed E-state index contributed by atoms with van der Waals surface area (Å²) in [5.74, 6) is 0.246. The SMILES string of the molecule is COCCN(C)c1ccc(CN(C(=O)c2ccc(Cl)cc2)c2ccc(F)cc2)cn1. The van der Waals surface area contributed by atoms with Gasteiger partial charge in [0, 0.05) is 43.2 Å². The van der Waals surface area contributed by atoms with Crippen LogP contribution in [0.2, 0.25) is 5.02 Å². The fourth-order valence-electron chi connectivity index (χ4n) is 2.91. The van der Waals surface area contributed by atoms with Crippen LogP contribution in [0.15, 0.2) is 66.9 Å². The van der Waals surface area contributed by atoms with Crippen molar-refractivity contribution < 1.29 is 13.9 Å². The molecule has 7 heteroatoms. The number of likely N-dealkylation sites (N-methyl/N-ethyl adjacent to an activating group) is 1. The monoisotopic (exact) mass is 427 g/mol. The third kappa shape index (κ3) is 5.55. The Bertz CT molecular complexity index is 963. The van der Waals surface area contributed by atoms with E-state index in [2.05, 4.69) is 4.98 Å². The number of anilines is 2. The van der Waals surface area contributed by atoms with Crippen LogP contribution in [0.25, 0.3) is 0 Å². The number of halogens is 2. The zero-order valence-electron chi connectivity index (χ0n) is 16.9. The van der Waals surface area contributed by atoms with E-state index in [9.17, 15) is 9.18 Å². The summed E-state index contributed by atoms with van der Waals surface area (Å²) in [5.41, 5.74) is 1.94. The minimum Gasteiger partial charge on any atom is -0.383 e. The van der Waals surface area contributed by atoms with Crippen LogP contribution < -0.4 is 9.80 Å². The van der Waals surface area contributed by atoms with E-state index in [1.54, 1.807) is 54.6 Å². The lowest BCUT2D eigenvalue weighted by molar-refractivity contribution is 0.0985. The van der Waals surface area contributed by atoms with E-state index in [1.807, 2.05) is 24.1 Å². The molecule has 1 heterocycles. The molecule has 3 rings (SSSR count).